The summed E-state index contributed by atoms with van der Waals surface area (Å²) >= 11 is 0. The van der Waals surface area contributed by atoms with Gasteiger partial charge in [-0.3, -0.25) is 9.59 Å². The molecule has 1 N–H and O–H groups in total. The summed E-state index contributed by atoms with van der Waals surface area (Å²) in [5.41, 5.74) is 4.06. The average Bonchev–Trinajstić information content (AvgIpc) is 2.71. The minimum absolute atomic E-state index is 0.183. The summed E-state index contributed by atoms with van der Waals surface area (Å²) in [5, 5.41) is 9.60. The van der Waals surface area contributed by atoms with Crippen molar-refractivity contribution in [1.82, 2.24) is 9.21 Å². The van der Waals surface area contributed by atoms with E-state index < -0.39 is 27.8 Å². The van der Waals surface area contributed by atoms with Crippen molar-refractivity contribution in [2.75, 3.05) is 26.2 Å². The van der Waals surface area contributed by atoms with E-state index in [4.69, 9.17) is 0 Å². The predicted octanol–water partition coefficient (Wildman–Crippen LogP) is 2.58. The molecule has 0 unspecified atom stereocenters. The maximum absolute atomic E-state index is 13.1. The highest BCUT2D eigenvalue weighted by Crippen LogP contribution is 2.35. The smallest absolute Gasteiger partial charge is 0.307 e. The molecule has 0 aromatic heterocycles. The van der Waals surface area contributed by atoms with Crippen LogP contribution in [0, 0.1) is 25.7 Å². The summed E-state index contributed by atoms with van der Waals surface area (Å²) in [6.45, 7) is 8.64. The summed E-state index contributed by atoms with van der Waals surface area (Å²) in [6, 6.07) is 5.10. The molecule has 1 fully saturated rings. The van der Waals surface area contributed by atoms with Crippen LogP contribution < -0.4 is 0 Å². The number of piperazine rings is 1. The van der Waals surface area contributed by atoms with Gasteiger partial charge < -0.3 is 10.0 Å². The van der Waals surface area contributed by atoms with E-state index >= 15 is 0 Å². The summed E-state index contributed by atoms with van der Waals surface area (Å²) < 4.78 is 27.4. The number of carbonyl (C=O) groups is 2. The molecule has 164 valence electrons. The summed E-state index contributed by atoms with van der Waals surface area (Å²) in [4.78, 5) is 26.7. The van der Waals surface area contributed by atoms with E-state index in [1.54, 1.807) is 23.1 Å². The number of carboxylic acids is 1. The zero-order chi connectivity index (χ0) is 22.2. The Bertz CT molecular complexity index is 991. The van der Waals surface area contributed by atoms with E-state index in [0.29, 0.717) is 12.8 Å². The Labute approximate surface area is 178 Å². The number of carbonyl (C=O) groups excluding carboxylic acids is 1. The van der Waals surface area contributed by atoms with Crippen molar-refractivity contribution in [3.05, 3.63) is 40.5 Å². The van der Waals surface area contributed by atoms with Crippen LogP contribution in [-0.4, -0.2) is 60.8 Å². The summed E-state index contributed by atoms with van der Waals surface area (Å²) in [7, 11) is -3.62. The van der Waals surface area contributed by atoms with Crippen LogP contribution in [0.1, 0.15) is 37.8 Å². The molecule has 1 saturated heterocycles. The zero-order valence-electron chi connectivity index (χ0n) is 18.0. The van der Waals surface area contributed by atoms with Crippen LogP contribution in [0.2, 0.25) is 0 Å². The fourth-order valence-corrected chi connectivity index (χ4v) is 5.73. The van der Waals surface area contributed by atoms with Crippen molar-refractivity contribution in [3.8, 4) is 0 Å². The fraction of sp³-hybridized carbons (Fsp3) is 0.545. The number of allylic oxidation sites excluding steroid dienone is 2. The quantitative estimate of drug-likeness (QED) is 0.735. The van der Waals surface area contributed by atoms with Gasteiger partial charge in [0.2, 0.25) is 15.9 Å². The van der Waals surface area contributed by atoms with E-state index in [0.717, 1.165) is 22.3 Å². The molecule has 3 rings (SSSR count). The van der Waals surface area contributed by atoms with Crippen LogP contribution in [0.4, 0.5) is 0 Å². The van der Waals surface area contributed by atoms with Crippen LogP contribution in [0.3, 0.4) is 0 Å². The number of rotatable bonds is 4. The molecule has 0 radical (unpaired) electrons. The standard InChI is InChI=1S/C22H30N2O5S/c1-14-5-6-18(11-15(14)2)30(28,29)24-9-7-23(8-10-24)21(25)19-12-16(3)17(4)13-20(19)22(26)27/h5-6,11,19-20H,7-10,12-13H2,1-4H3,(H,26,27)/t19-,20+/m0/s1. The first-order chi connectivity index (χ1) is 14.0. The third kappa shape index (κ3) is 4.30. The second kappa shape index (κ2) is 8.51. The van der Waals surface area contributed by atoms with Gasteiger partial charge in [0.1, 0.15) is 0 Å². The van der Waals surface area contributed by atoms with Gasteiger partial charge in [-0.1, -0.05) is 17.2 Å². The maximum Gasteiger partial charge on any atom is 0.307 e. The second-order valence-corrected chi connectivity index (χ2v) is 10.4. The molecule has 7 nitrogen and oxygen atoms in total. The van der Waals surface area contributed by atoms with Crippen molar-refractivity contribution in [3.63, 3.8) is 0 Å². The van der Waals surface area contributed by atoms with Gasteiger partial charge >= 0.3 is 5.97 Å². The van der Waals surface area contributed by atoms with E-state index in [2.05, 4.69) is 0 Å². The highest BCUT2D eigenvalue weighted by atomic mass is 32.2. The number of aryl methyl sites for hydroxylation is 2. The van der Waals surface area contributed by atoms with E-state index in [-0.39, 0.29) is 37.0 Å². The van der Waals surface area contributed by atoms with Crippen molar-refractivity contribution in [2.24, 2.45) is 11.8 Å². The Hall–Kier alpha value is -2.19. The number of hydrogen-bond donors (Lipinski definition) is 1. The van der Waals surface area contributed by atoms with Crippen molar-refractivity contribution >= 4 is 21.9 Å². The highest BCUT2D eigenvalue weighted by molar-refractivity contribution is 7.89. The third-order valence-electron chi connectivity index (χ3n) is 6.57. The molecule has 1 amide bonds. The third-order valence-corrected chi connectivity index (χ3v) is 8.46. The van der Waals surface area contributed by atoms with Gasteiger partial charge in [-0.2, -0.15) is 4.31 Å². The normalized spacial score (nSPS) is 23.5. The Morgan fingerprint density at radius 3 is 2.00 bits per heavy atom. The van der Waals surface area contributed by atoms with Gasteiger partial charge in [0.15, 0.2) is 0 Å². The van der Waals surface area contributed by atoms with Crippen LogP contribution in [0.15, 0.2) is 34.2 Å². The minimum Gasteiger partial charge on any atom is -0.481 e. The zero-order valence-corrected chi connectivity index (χ0v) is 18.8. The number of carboxylic acid groups (broad SMARTS) is 1. The molecule has 2 aliphatic rings. The highest BCUT2D eigenvalue weighted by Gasteiger charge is 2.40. The fourth-order valence-electron chi connectivity index (χ4n) is 4.22. The monoisotopic (exact) mass is 434 g/mol. The second-order valence-electron chi connectivity index (χ2n) is 8.50. The molecule has 1 aliphatic carbocycles. The van der Waals surface area contributed by atoms with Gasteiger partial charge in [0.05, 0.1) is 16.7 Å². The Morgan fingerprint density at radius 2 is 1.47 bits per heavy atom. The van der Waals surface area contributed by atoms with Crippen LogP contribution in [0.25, 0.3) is 0 Å². The number of nitrogens with zero attached hydrogens (tertiary/aromatic N) is 2. The van der Waals surface area contributed by atoms with Gasteiger partial charge in [-0.15, -0.1) is 0 Å². The summed E-state index contributed by atoms with van der Waals surface area (Å²) in [6.07, 6.45) is 0.835. The van der Waals surface area contributed by atoms with Crippen LogP contribution >= 0.6 is 0 Å². The lowest BCUT2D eigenvalue weighted by Gasteiger charge is -2.38. The van der Waals surface area contributed by atoms with E-state index in [1.165, 1.54) is 4.31 Å². The number of amides is 1. The number of benzene rings is 1. The number of aliphatic carboxylic acids is 1. The number of hydrogen-bond acceptors (Lipinski definition) is 4. The molecule has 1 heterocycles. The molecule has 1 aromatic carbocycles. The van der Waals surface area contributed by atoms with Crippen molar-refractivity contribution in [2.45, 2.75) is 45.4 Å². The van der Waals surface area contributed by atoms with Gasteiger partial charge in [-0.25, -0.2) is 8.42 Å². The molecule has 1 aromatic rings. The molecule has 1 aliphatic heterocycles. The van der Waals surface area contributed by atoms with Gasteiger partial charge in [0.25, 0.3) is 0 Å². The predicted molar refractivity (Wildman–Crippen MR) is 113 cm³/mol. The number of sulfonamides is 1. The van der Waals surface area contributed by atoms with Gasteiger partial charge in [-0.05, 0) is 63.8 Å². The SMILES string of the molecule is CC1=C(C)C[C@@H](C(=O)O)[C@@H](C(=O)N2CCN(S(=O)(=O)c3ccc(C)c(C)c3)CC2)C1. The molecule has 30 heavy (non-hydrogen) atoms. The first-order valence-electron chi connectivity index (χ1n) is 10.3. The molecule has 2 atom stereocenters. The Morgan fingerprint density at radius 1 is 0.900 bits per heavy atom. The first kappa shape index (κ1) is 22.5. The van der Waals surface area contributed by atoms with Crippen molar-refractivity contribution in [1.29, 1.82) is 0 Å². The molecular weight excluding hydrogens is 404 g/mol. The Kier molecular flexibility index (Phi) is 6.38. The van der Waals surface area contributed by atoms with Crippen LogP contribution in [-0.2, 0) is 19.6 Å². The van der Waals surface area contributed by atoms with Crippen LogP contribution in [0.5, 0.6) is 0 Å². The largest absolute Gasteiger partial charge is 0.481 e. The Balaban J connectivity index is 1.71. The molecule has 0 spiro atoms. The first-order valence-corrected chi connectivity index (χ1v) is 11.7. The summed E-state index contributed by atoms with van der Waals surface area (Å²) in [5.74, 6) is -2.44. The average molecular weight is 435 g/mol. The lowest BCUT2D eigenvalue weighted by molar-refractivity contribution is -0.151. The minimum atomic E-state index is -3.62. The lowest BCUT2D eigenvalue weighted by Crippen LogP contribution is -2.53. The van der Waals surface area contributed by atoms with E-state index in [9.17, 15) is 23.1 Å². The van der Waals surface area contributed by atoms with Crippen molar-refractivity contribution < 1.29 is 23.1 Å². The molecule has 8 heteroatoms. The molecular formula is C22H30N2O5S. The molecule has 0 saturated carbocycles. The topological polar surface area (TPSA) is 95.0 Å². The lowest BCUT2D eigenvalue weighted by atomic mass is 9.76. The van der Waals surface area contributed by atoms with Gasteiger partial charge in [0, 0.05) is 26.2 Å². The van der Waals surface area contributed by atoms with E-state index in [1.807, 2.05) is 27.7 Å². The molecule has 0 bridgehead atoms. The maximum atomic E-state index is 13.1.